The summed E-state index contributed by atoms with van der Waals surface area (Å²) in [5.74, 6) is -0.822. The smallest absolute Gasteiger partial charge is 0.338 e. The maximum atomic E-state index is 13.5. The van der Waals surface area contributed by atoms with Crippen LogP contribution in [-0.4, -0.2) is 78.5 Å². The Labute approximate surface area is 203 Å². The summed E-state index contributed by atoms with van der Waals surface area (Å²) >= 11 is 0. The van der Waals surface area contributed by atoms with Gasteiger partial charge in [0.15, 0.2) is 5.76 Å². The monoisotopic (exact) mass is 484 g/mol. The van der Waals surface area contributed by atoms with E-state index >= 15 is 0 Å². The molecule has 0 radical (unpaired) electrons. The molecule has 0 spiro atoms. The number of halogens is 1. The van der Waals surface area contributed by atoms with Gasteiger partial charge in [0.1, 0.15) is 5.82 Å². The molecule has 2 atom stereocenters. The molecule has 10 heteroatoms. The highest BCUT2D eigenvalue weighted by Crippen LogP contribution is 2.32. The Balaban J connectivity index is 1.61. The number of benzene rings is 1. The summed E-state index contributed by atoms with van der Waals surface area (Å²) in [6.45, 7) is 5.71. The average molecular weight is 485 g/mol. The molecule has 0 unspecified atom stereocenters. The number of amides is 3. The van der Waals surface area contributed by atoms with Gasteiger partial charge >= 0.3 is 12.0 Å². The van der Waals surface area contributed by atoms with Gasteiger partial charge in [-0.25, -0.2) is 14.0 Å². The third-order valence-corrected chi connectivity index (χ3v) is 6.35. The first-order chi connectivity index (χ1) is 16.8. The molecule has 1 aromatic carbocycles. The molecule has 9 nitrogen and oxygen atoms in total. The van der Waals surface area contributed by atoms with Crippen molar-refractivity contribution < 1.29 is 27.9 Å². The predicted octanol–water partition coefficient (Wildman–Crippen LogP) is 2.78. The zero-order valence-corrected chi connectivity index (χ0v) is 20.0. The number of rotatable bonds is 6. The van der Waals surface area contributed by atoms with Gasteiger partial charge in [0.05, 0.1) is 24.5 Å². The molecule has 0 saturated carbocycles. The molecule has 2 aromatic rings. The highest BCUT2D eigenvalue weighted by Gasteiger charge is 2.38. The number of furan rings is 1. The molecule has 2 aliphatic heterocycles. The third kappa shape index (κ3) is 5.07. The van der Waals surface area contributed by atoms with E-state index in [1.54, 1.807) is 43.1 Å². The second-order valence-corrected chi connectivity index (χ2v) is 8.63. The molecule has 0 bridgehead atoms. The van der Waals surface area contributed by atoms with Crippen LogP contribution in [0.25, 0.3) is 0 Å². The van der Waals surface area contributed by atoms with Crippen molar-refractivity contribution in [2.24, 2.45) is 0 Å². The minimum absolute atomic E-state index is 0.108. The van der Waals surface area contributed by atoms with Crippen LogP contribution in [0.2, 0.25) is 0 Å². The summed E-state index contributed by atoms with van der Waals surface area (Å²) in [6, 6.07) is 7.74. The first-order valence-corrected chi connectivity index (χ1v) is 11.6. The summed E-state index contributed by atoms with van der Waals surface area (Å²) in [6.07, 6.45) is 1.47. The third-order valence-electron chi connectivity index (χ3n) is 6.35. The van der Waals surface area contributed by atoms with E-state index in [0.29, 0.717) is 48.8 Å². The van der Waals surface area contributed by atoms with Crippen LogP contribution in [-0.2, 0) is 9.53 Å². The number of urea groups is 1. The molecule has 35 heavy (non-hydrogen) atoms. The Morgan fingerprint density at radius 1 is 1.20 bits per heavy atom. The van der Waals surface area contributed by atoms with Crippen molar-refractivity contribution >= 4 is 17.9 Å². The van der Waals surface area contributed by atoms with E-state index in [4.69, 9.17) is 9.15 Å². The van der Waals surface area contributed by atoms with Gasteiger partial charge in [-0.1, -0.05) is 12.1 Å². The Kier molecular flexibility index (Phi) is 7.20. The number of nitrogens with zero attached hydrogens (tertiary/aromatic N) is 3. The van der Waals surface area contributed by atoms with Gasteiger partial charge in [-0.2, -0.15) is 0 Å². The zero-order chi connectivity index (χ0) is 25.1. The van der Waals surface area contributed by atoms with Crippen molar-refractivity contribution in [1.29, 1.82) is 0 Å². The maximum Gasteiger partial charge on any atom is 0.338 e. The average Bonchev–Trinajstić information content (AvgIpc) is 3.37. The number of carbonyl (C=O) groups excluding carboxylic acids is 3. The van der Waals surface area contributed by atoms with Crippen LogP contribution in [0.3, 0.4) is 0 Å². The van der Waals surface area contributed by atoms with Crippen molar-refractivity contribution in [3.63, 3.8) is 0 Å². The van der Waals surface area contributed by atoms with E-state index in [1.807, 2.05) is 6.92 Å². The fourth-order valence-electron chi connectivity index (χ4n) is 4.54. The largest absolute Gasteiger partial charge is 0.463 e. The summed E-state index contributed by atoms with van der Waals surface area (Å²) in [5.41, 5.74) is 1.40. The van der Waals surface area contributed by atoms with E-state index in [1.165, 1.54) is 23.3 Å². The highest BCUT2D eigenvalue weighted by molar-refractivity contribution is 5.95. The lowest BCUT2D eigenvalue weighted by Gasteiger charge is -2.42. The molecule has 2 aliphatic rings. The first kappa shape index (κ1) is 24.5. The molecule has 186 valence electrons. The zero-order valence-electron chi connectivity index (χ0n) is 20.0. The molecule has 3 heterocycles. The van der Waals surface area contributed by atoms with E-state index in [9.17, 15) is 18.8 Å². The van der Waals surface area contributed by atoms with Crippen LogP contribution >= 0.6 is 0 Å². The molecule has 1 N–H and O–H groups in total. The number of hydrogen-bond acceptors (Lipinski definition) is 6. The van der Waals surface area contributed by atoms with Gasteiger partial charge < -0.3 is 19.4 Å². The molecule has 1 aromatic heterocycles. The molecule has 1 saturated heterocycles. The first-order valence-electron chi connectivity index (χ1n) is 11.6. The van der Waals surface area contributed by atoms with Crippen molar-refractivity contribution in [3.8, 4) is 0 Å². The van der Waals surface area contributed by atoms with Crippen LogP contribution in [0.1, 0.15) is 36.0 Å². The lowest BCUT2D eigenvalue weighted by molar-refractivity contribution is -0.139. The molecule has 0 aliphatic carbocycles. The molecular weight excluding hydrogens is 455 g/mol. The summed E-state index contributed by atoms with van der Waals surface area (Å²) in [4.78, 5) is 43.9. The fraction of sp³-hybridized carbons (Fsp3) is 0.400. The van der Waals surface area contributed by atoms with E-state index in [0.717, 1.165) is 0 Å². The molecular formula is C25H29FN4O5. The Morgan fingerprint density at radius 3 is 2.57 bits per heavy atom. The Hall–Kier alpha value is -3.66. The van der Waals surface area contributed by atoms with Gasteiger partial charge in [-0.3, -0.25) is 14.6 Å². The number of esters is 1. The molecule has 3 amide bonds. The Morgan fingerprint density at radius 2 is 1.94 bits per heavy atom. The summed E-state index contributed by atoms with van der Waals surface area (Å²) in [7, 11) is 1.60. The van der Waals surface area contributed by atoms with Crippen molar-refractivity contribution in [1.82, 2.24) is 20.0 Å². The fourth-order valence-corrected chi connectivity index (χ4v) is 4.54. The minimum Gasteiger partial charge on any atom is -0.463 e. The van der Waals surface area contributed by atoms with Crippen LogP contribution in [0.4, 0.5) is 9.18 Å². The van der Waals surface area contributed by atoms with Crippen molar-refractivity contribution in [3.05, 3.63) is 71.1 Å². The van der Waals surface area contributed by atoms with Crippen LogP contribution in [0.5, 0.6) is 0 Å². The predicted molar refractivity (Wildman–Crippen MR) is 125 cm³/mol. The molecule has 1 fully saturated rings. The standard InChI is InChI=1S/C25H29FN4O5/c1-4-34-24(32)21-19(28(3)25(33)27-22(21)17-7-9-18(26)10-8-17)15-29-11-12-30(16(2)14-29)23(31)20-6-5-13-35-20/h5-10,13,16,22H,4,11-12,14-15H2,1-3H3,(H,27,33)/t16-,22+/m0/s1. The van der Waals surface area contributed by atoms with Gasteiger partial charge in [0.2, 0.25) is 0 Å². The Bertz CT molecular complexity index is 1120. The van der Waals surface area contributed by atoms with Crippen LogP contribution in [0, 0.1) is 5.82 Å². The van der Waals surface area contributed by atoms with Gasteiger partial charge in [0, 0.05) is 45.0 Å². The number of likely N-dealkylation sites (N-methyl/N-ethyl adjacent to an activating group) is 1. The second-order valence-electron chi connectivity index (χ2n) is 8.63. The number of ether oxygens (including phenoxy) is 1. The van der Waals surface area contributed by atoms with Crippen molar-refractivity contribution in [2.75, 3.05) is 39.8 Å². The lowest BCUT2D eigenvalue weighted by atomic mass is 9.94. The quantitative estimate of drug-likeness (QED) is 0.634. The molecule has 4 rings (SSSR count). The summed E-state index contributed by atoms with van der Waals surface area (Å²) in [5, 5.41) is 2.83. The topological polar surface area (TPSA) is 95.3 Å². The number of piperazine rings is 1. The SMILES string of the molecule is CCOC(=O)C1=C(CN2CCN(C(=O)c3ccco3)[C@@H](C)C2)N(C)C(=O)N[C@@H]1c1ccc(F)cc1. The van der Waals surface area contributed by atoms with Crippen LogP contribution in [0.15, 0.2) is 58.3 Å². The number of carbonyl (C=O) groups is 3. The van der Waals surface area contributed by atoms with Gasteiger partial charge in [0.25, 0.3) is 5.91 Å². The van der Waals surface area contributed by atoms with E-state index in [-0.39, 0.29) is 24.6 Å². The minimum atomic E-state index is -0.771. The normalized spacial score (nSPS) is 21.2. The lowest BCUT2D eigenvalue weighted by Crippen LogP contribution is -2.56. The van der Waals surface area contributed by atoms with E-state index < -0.39 is 17.8 Å². The van der Waals surface area contributed by atoms with Crippen molar-refractivity contribution in [2.45, 2.75) is 25.9 Å². The number of nitrogens with one attached hydrogen (secondary N) is 1. The van der Waals surface area contributed by atoms with Gasteiger partial charge in [-0.05, 0) is 43.7 Å². The maximum absolute atomic E-state index is 13.5. The second kappa shape index (κ2) is 10.3. The van der Waals surface area contributed by atoms with Gasteiger partial charge in [-0.15, -0.1) is 0 Å². The van der Waals surface area contributed by atoms with E-state index in [2.05, 4.69) is 10.2 Å². The summed E-state index contributed by atoms with van der Waals surface area (Å²) < 4.78 is 24.1. The number of hydrogen-bond donors (Lipinski definition) is 1. The van der Waals surface area contributed by atoms with Crippen LogP contribution < -0.4 is 5.32 Å². The highest BCUT2D eigenvalue weighted by atomic mass is 19.1.